The van der Waals surface area contributed by atoms with Crippen LogP contribution in [0.25, 0.3) is 0 Å². The van der Waals surface area contributed by atoms with Crippen LogP contribution >= 0.6 is 11.6 Å². The van der Waals surface area contributed by atoms with Gasteiger partial charge in [-0.2, -0.15) is 0 Å². The van der Waals surface area contributed by atoms with Crippen molar-refractivity contribution < 1.29 is 0 Å². The van der Waals surface area contributed by atoms with Crippen LogP contribution in [0.5, 0.6) is 0 Å². The first-order chi connectivity index (χ1) is 8.65. The van der Waals surface area contributed by atoms with Crippen LogP contribution in [0, 0.1) is 6.92 Å². The lowest BCUT2D eigenvalue weighted by atomic mass is 10.0. The molecule has 0 fully saturated rings. The van der Waals surface area contributed by atoms with Crippen LogP contribution in [0.3, 0.4) is 0 Å². The van der Waals surface area contributed by atoms with Gasteiger partial charge in [-0.05, 0) is 24.6 Å². The second kappa shape index (κ2) is 5.50. The molecule has 0 amide bonds. The van der Waals surface area contributed by atoms with Gasteiger partial charge in [0, 0.05) is 12.1 Å². The van der Waals surface area contributed by atoms with Crippen molar-refractivity contribution in [2.75, 3.05) is 6.54 Å². The van der Waals surface area contributed by atoms with Crippen LogP contribution in [0.1, 0.15) is 29.8 Å². The van der Waals surface area contributed by atoms with Crippen molar-refractivity contribution in [2.24, 2.45) is 7.05 Å². The third kappa shape index (κ3) is 2.40. The van der Waals surface area contributed by atoms with Gasteiger partial charge in [-0.25, -0.2) is 0 Å². The van der Waals surface area contributed by atoms with Crippen LogP contribution < -0.4 is 5.32 Å². The molecule has 0 radical (unpaired) electrons. The molecule has 0 aliphatic heterocycles. The number of nitrogens with one attached hydrogen (secondary N) is 1. The Kier molecular flexibility index (Phi) is 3.99. The number of aryl methyl sites for hydroxylation is 2. The van der Waals surface area contributed by atoms with Gasteiger partial charge < -0.3 is 5.32 Å². The summed E-state index contributed by atoms with van der Waals surface area (Å²) in [6.07, 6.45) is 1.77. The molecule has 1 atom stereocenters. The Balaban J connectivity index is 2.48. The Morgan fingerprint density at radius 1 is 1.44 bits per heavy atom. The average Bonchev–Trinajstić information content (AvgIpc) is 2.76. The molecule has 18 heavy (non-hydrogen) atoms. The summed E-state index contributed by atoms with van der Waals surface area (Å²) < 4.78 is 1.77. The van der Waals surface area contributed by atoms with E-state index in [1.807, 2.05) is 32.2 Å². The minimum absolute atomic E-state index is 0.0161. The van der Waals surface area contributed by atoms with E-state index in [0.717, 1.165) is 28.4 Å². The number of aromatic nitrogens is 3. The quantitative estimate of drug-likeness (QED) is 0.923. The molecular weight excluding hydrogens is 248 g/mol. The van der Waals surface area contributed by atoms with Crippen LogP contribution in [-0.4, -0.2) is 21.5 Å². The minimum Gasteiger partial charge on any atom is -0.305 e. The van der Waals surface area contributed by atoms with E-state index in [1.165, 1.54) is 0 Å². The zero-order chi connectivity index (χ0) is 13.1. The first-order valence-corrected chi connectivity index (χ1v) is 6.36. The number of hydrogen-bond donors (Lipinski definition) is 1. The molecule has 1 heterocycles. The summed E-state index contributed by atoms with van der Waals surface area (Å²) in [5, 5.41) is 12.1. The summed E-state index contributed by atoms with van der Waals surface area (Å²) in [6, 6.07) is 6.08. The molecule has 2 aromatic rings. The van der Waals surface area contributed by atoms with Gasteiger partial charge in [0.1, 0.15) is 0 Å². The van der Waals surface area contributed by atoms with E-state index in [0.29, 0.717) is 0 Å². The van der Waals surface area contributed by atoms with Crippen molar-refractivity contribution in [1.82, 2.24) is 20.3 Å². The zero-order valence-electron chi connectivity index (χ0n) is 10.8. The molecule has 4 nitrogen and oxygen atoms in total. The molecule has 0 bridgehead atoms. The number of halogens is 1. The molecule has 0 aliphatic carbocycles. The fourth-order valence-electron chi connectivity index (χ4n) is 2.03. The van der Waals surface area contributed by atoms with Gasteiger partial charge in [0.05, 0.1) is 17.9 Å². The molecule has 1 aromatic carbocycles. The molecule has 5 heteroatoms. The van der Waals surface area contributed by atoms with Gasteiger partial charge in [-0.3, -0.25) is 4.68 Å². The first-order valence-electron chi connectivity index (χ1n) is 5.98. The number of hydrogen-bond acceptors (Lipinski definition) is 3. The normalized spacial score (nSPS) is 12.7. The van der Waals surface area contributed by atoms with Crippen molar-refractivity contribution in [3.05, 3.63) is 46.2 Å². The summed E-state index contributed by atoms with van der Waals surface area (Å²) in [5.74, 6) is 0. The smallest absolute Gasteiger partial charge is 0.0799 e. The Morgan fingerprint density at radius 3 is 2.83 bits per heavy atom. The molecule has 0 saturated heterocycles. The lowest BCUT2D eigenvalue weighted by Gasteiger charge is -2.20. The van der Waals surface area contributed by atoms with Crippen LogP contribution in [-0.2, 0) is 7.05 Å². The van der Waals surface area contributed by atoms with Gasteiger partial charge in [0.15, 0.2) is 0 Å². The average molecular weight is 265 g/mol. The first kappa shape index (κ1) is 13.1. The van der Waals surface area contributed by atoms with E-state index < -0.39 is 0 Å². The molecule has 0 aliphatic rings. The van der Waals surface area contributed by atoms with Gasteiger partial charge in [0.2, 0.25) is 0 Å². The maximum Gasteiger partial charge on any atom is 0.0799 e. The number of nitrogens with zero attached hydrogens (tertiary/aromatic N) is 3. The third-order valence-corrected chi connectivity index (χ3v) is 3.50. The summed E-state index contributed by atoms with van der Waals surface area (Å²) in [5.41, 5.74) is 3.14. The molecular formula is C13H17ClN4. The van der Waals surface area contributed by atoms with Crippen molar-refractivity contribution in [2.45, 2.75) is 19.9 Å². The van der Waals surface area contributed by atoms with Crippen molar-refractivity contribution >= 4 is 11.6 Å². The number of benzene rings is 1. The third-order valence-electron chi connectivity index (χ3n) is 2.99. The van der Waals surface area contributed by atoms with E-state index in [-0.39, 0.29) is 6.04 Å². The molecule has 1 unspecified atom stereocenters. The molecule has 1 aromatic heterocycles. The zero-order valence-corrected chi connectivity index (χ0v) is 11.6. The Morgan fingerprint density at radius 2 is 2.22 bits per heavy atom. The Bertz CT molecular complexity index is 536. The van der Waals surface area contributed by atoms with Gasteiger partial charge in [-0.15, -0.1) is 5.10 Å². The molecule has 2 rings (SSSR count). The van der Waals surface area contributed by atoms with Crippen LogP contribution in [0.4, 0.5) is 0 Å². The van der Waals surface area contributed by atoms with Crippen LogP contribution in [0.2, 0.25) is 5.02 Å². The highest BCUT2D eigenvalue weighted by atomic mass is 35.5. The predicted octanol–water partition coefficient (Wildman–Crippen LogP) is 2.48. The monoisotopic (exact) mass is 264 g/mol. The minimum atomic E-state index is 0.0161. The summed E-state index contributed by atoms with van der Waals surface area (Å²) >= 11 is 6.40. The lowest BCUT2D eigenvalue weighted by Crippen LogP contribution is -2.24. The highest BCUT2D eigenvalue weighted by molar-refractivity contribution is 6.32. The Labute approximate surface area is 112 Å². The molecule has 1 N–H and O–H groups in total. The van der Waals surface area contributed by atoms with Crippen molar-refractivity contribution in [3.8, 4) is 0 Å². The SMILES string of the molecule is CCNC(c1cccc(C)c1Cl)c1cnnn1C. The maximum absolute atomic E-state index is 6.40. The molecule has 96 valence electrons. The second-order valence-corrected chi connectivity index (χ2v) is 4.63. The fourth-order valence-corrected chi connectivity index (χ4v) is 2.27. The molecule has 0 saturated carbocycles. The van der Waals surface area contributed by atoms with Crippen molar-refractivity contribution in [1.29, 1.82) is 0 Å². The standard InChI is InChI=1S/C13H17ClN4/c1-4-15-13(11-8-16-17-18(11)3)10-7-5-6-9(2)12(10)14/h5-8,13,15H,4H2,1-3H3. The van der Waals surface area contributed by atoms with Gasteiger partial charge >= 0.3 is 0 Å². The van der Waals surface area contributed by atoms with E-state index >= 15 is 0 Å². The van der Waals surface area contributed by atoms with E-state index in [9.17, 15) is 0 Å². The lowest BCUT2D eigenvalue weighted by molar-refractivity contribution is 0.568. The summed E-state index contributed by atoms with van der Waals surface area (Å²) in [6.45, 7) is 4.93. The largest absolute Gasteiger partial charge is 0.305 e. The number of rotatable bonds is 4. The fraction of sp³-hybridized carbons (Fsp3) is 0.385. The van der Waals surface area contributed by atoms with E-state index in [2.05, 4.69) is 22.6 Å². The molecule has 0 spiro atoms. The van der Waals surface area contributed by atoms with E-state index in [4.69, 9.17) is 11.6 Å². The maximum atomic E-state index is 6.40. The van der Waals surface area contributed by atoms with Gasteiger partial charge in [0.25, 0.3) is 0 Å². The summed E-state index contributed by atoms with van der Waals surface area (Å²) in [4.78, 5) is 0. The van der Waals surface area contributed by atoms with Gasteiger partial charge in [-0.1, -0.05) is 41.9 Å². The highest BCUT2D eigenvalue weighted by Gasteiger charge is 2.20. The summed E-state index contributed by atoms with van der Waals surface area (Å²) in [7, 11) is 1.89. The highest BCUT2D eigenvalue weighted by Crippen LogP contribution is 2.29. The topological polar surface area (TPSA) is 42.7 Å². The van der Waals surface area contributed by atoms with Crippen LogP contribution in [0.15, 0.2) is 24.4 Å². The Hall–Kier alpha value is -1.39. The van der Waals surface area contributed by atoms with Crippen molar-refractivity contribution in [3.63, 3.8) is 0 Å². The predicted molar refractivity (Wildman–Crippen MR) is 72.7 cm³/mol. The second-order valence-electron chi connectivity index (χ2n) is 4.25. The van der Waals surface area contributed by atoms with E-state index in [1.54, 1.807) is 10.9 Å².